The van der Waals surface area contributed by atoms with E-state index in [2.05, 4.69) is 4.74 Å². The van der Waals surface area contributed by atoms with Crippen molar-refractivity contribution < 1.29 is 14.3 Å². The van der Waals surface area contributed by atoms with E-state index in [4.69, 9.17) is 4.74 Å². The summed E-state index contributed by atoms with van der Waals surface area (Å²) in [6, 6.07) is 7.80. The fraction of sp³-hybridized carbons (Fsp3) is 0.400. The van der Waals surface area contributed by atoms with Crippen LogP contribution >= 0.6 is 0 Å². The van der Waals surface area contributed by atoms with E-state index >= 15 is 0 Å². The number of benzene rings is 1. The Labute approximate surface area is 114 Å². The zero-order valence-corrected chi connectivity index (χ0v) is 12.0. The molecular weight excluding hydrogens is 242 g/mol. The van der Waals surface area contributed by atoms with Gasteiger partial charge in [0, 0.05) is 31.4 Å². The van der Waals surface area contributed by atoms with Gasteiger partial charge in [-0.2, -0.15) is 0 Å². The summed E-state index contributed by atoms with van der Waals surface area (Å²) in [5, 5.41) is 0. The van der Waals surface area contributed by atoms with E-state index in [0.717, 1.165) is 11.4 Å². The highest BCUT2D eigenvalue weighted by Gasteiger charge is 2.06. The quantitative estimate of drug-likeness (QED) is 0.584. The molecule has 0 saturated carbocycles. The molecule has 0 aliphatic carbocycles. The Bertz CT molecular complexity index is 452. The summed E-state index contributed by atoms with van der Waals surface area (Å²) >= 11 is 0. The number of ether oxygens (including phenoxy) is 2. The van der Waals surface area contributed by atoms with Crippen molar-refractivity contribution in [3.63, 3.8) is 0 Å². The average Bonchev–Trinajstić information content (AvgIpc) is 2.43. The molecule has 1 aromatic carbocycles. The molecule has 0 aromatic heterocycles. The molecule has 0 N–H and O–H groups in total. The number of methoxy groups -OCH3 is 1. The van der Waals surface area contributed by atoms with Crippen LogP contribution in [0.15, 0.2) is 35.9 Å². The van der Waals surface area contributed by atoms with Gasteiger partial charge in [-0.05, 0) is 24.6 Å². The van der Waals surface area contributed by atoms with Crippen LogP contribution in [0, 0.1) is 0 Å². The predicted molar refractivity (Wildman–Crippen MR) is 76.7 cm³/mol. The average molecular weight is 263 g/mol. The third kappa shape index (κ3) is 4.66. The largest absolute Gasteiger partial charge is 0.489 e. The highest BCUT2D eigenvalue weighted by molar-refractivity contribution is 5.88. The van der Waals surface area contributed by atoms with E-state index in [1.807, 2.05) is 50.2 Å². The molecule has 4 nitrogen and oxygen atoms in total. The molecule has 0 aliphatic rings. The van der Waals surface area contributed by atoms with Crippen LogP contribution in [0.1, 0.15) is 13.3 Å². The monoisotopic (exact) mass is 263 g/mol. The van der Waals surface area contributed by atoms with Crippen molar-refractivity contribution >= 4 is 11.7 Å². The first-order valence-corrected chi connectivity index (χ1v) is 6.26. The van der Waals surface area contributed by atoms with Crippen molar-refractivity contribution in [3.05, 3.63) is 35.9 Å². The van der Waals surface area contributed by atoms with E-state index in [0.29, 0.717) is 18.6 Å². The number of hydrogen-bond donors (Lipinski definition) is 0. The van der Waals surface area contributed by atoms with E-state index in [1.165, 1.54) is 7.11 Å². The van der Waals surface area contributed by atoms with Gasteiger partial charge in [-0.25, -0.2) is 4.79 Å². The lowest BCUT2D eigenvalue weighted by Gasteiger charge is -2.13. The molecule has 0 spiro atoms. The summed E-state index contributed by atoms with van der Waals surface area (Å²) in [5.74, 6) is 0.482. The van der Waals surface area contributed by atoms with Crippen LogP contribution in [0.5, 0.6) is 5.75 Å². The van der Waals surface area contributed by atoms with Crippen molar-refractivity contribution in [1.82, 2.24) is 0 Å². The van der Waals surface area contributed by atoms with E-state index in [1.54, 1.807) is 6.08 Å². The van der Waals surface area contributed by atoms with Gasteiger partial charge in [0.25, 0.3) is 0 Å². The molecule has 1 rings (SSSR count). The van der Waals surface area contributed by atoms with E-state index < -0.39 is 0 Å². The van der Waals surface area contributed by atoms with E-state index in [9.17, 15) is 4.79 Å². The van der Waals surface area contributed by atoms with Gasteiger partial charge < -0.3 is 14.4 Å². The van der Waals surface area contributed by atoms with Gasteiger partial charge in [-0.3, -0.25) is 0 Å². The second kappa shape index (κ2) is 7.46. The minimum atomic E-state index is -0.298. The number of nitrogens with zero attached hydrogens (tertiary/aromatic N) is 1. The molecule has 0 aliphatic heterocycles. The number of anilines is 1. The lowest BCUT2D eigenvalue weighted by molar-refractivity contribution is -0.136. The minimum absolute atomic E-state index is 0.298. The van der Waals surface area contributed by atoms with Gasteiger partial charge in [-0.15, -0.1) is 0 Å². The maximum absolute atomic E-state index is 11.4. The van der Waals surface area contributed by atoms with Crippen molar-refractivity contribution in [2.45, 2.75) is 13.3 Å². The maximum Gasteiger partial charge on any atom is 0.333 e. The van der Waals surface area contributed by atoms with Gasteiger partial charge in [0.1, 0.15) is 12.4 Å². The van der Waals surface area contributed by atoms with Crippen molar-refractivity contribution in [1.29, 1.82) is 0 Å². The zero-order chi connectivity index (χ0) is 14.3. The predicted octanol–water partition coefficient (Wildman–Crippen LogP) is 2.64. The normalized spacial score (nSPS) is 11.1. The topological polar surface area (TPSA) is 38.8 Å². The van der Waals surface area contributed by atoms with Crippen LogP contribution in [0.4, 0.5) is 5.69 Å². The fourth-order valence-electron chi connectivity index (χ4n) is 1.59. The molecule has 0 radical (unpaired) electrons. The highest BCUT2D eigenvalue weighted by atomic mass is 16.5. The van der Waals surface area contributed by atoms with Crippen LogP contribution in [0.2, 0.25) is 0 Å². The number of esters is 1. The first-order chi connectivity index (χ1) is 9.08. The summed E-state index contributed by atoms with van der Waals surface area (Å²) in [6.07, 6.45) is 2.39. The molecule has 0 unspecified atom stereocenters. The molecule has 4 heteroatoms. The fourth-order valence-corrected chi connectivity index (χ4v) is 1.59. The molecule has 0 bridgehead atoms. The van der Waals surface area contributed by atoms with Crippen LogP contribution in [0.25, 0.3) is 0 Å². The molecule has 0 saturated heterocycles. The number of hydrogen-bond acceptors (Lipinski definition) is 4. The summed E-state index contributed by atoms with van der Waals surface area (Å²) in [6.45, 7) is 2.27. The molecular formula is C15H21NO3. The molecule has 104 valence electrons. The summed E-state index contributed by atoms with van der Waals surface area (Å²) in [7, 11) is 5.34. The van der Waals surface area contributed by atoms with E-state index in [-0.39, 0.29) is 5.97 Å². The SMILES string of the molecule is CCC(=CCOc1cccc(N(C)C)c1)C(=O)OC. The number of carbonyl (C=O) groups is 1. The Hall–Kier alpha value is -1.97. The molecule has 0 heterocycles. The number of carbonyl (C=O) groups excluding carboxylic acids is 1. The zero-order valence-electron chi connectivity index (χ0n) is 12.0. The Morgan fingerprint density at radius 3 is 2.68 bits per heavy atom. The smallest absolute Gasteiger partial charge is 0.333 e. The van der Waals surface area contributed by atoms with Crippen LogP contribution < -0.4 is 9.64 Å². The summed E-state index contributed by atoms with van der Waals surface area (Å²) in [5.41, 5.74) is 1.71. The minimum Gasteiger partial charge on any atom is -0.489 e. The Morgan fingerprint density at radius 2 is 2.11 bits per heavy atom. The Balaban J connectivity index is 2.64. The second-order valence-corrected chi connectivity index (χ2v) is 4.28. The first-order valence-electron chi connectivity index (χ1n) is 6.26. The van der Waals surface area contributed by atoms with Crippen LogP contribution in [0.3, 0.4) is 0 Å². The first kappa shape index (κ1) is 15.1. The third-order valence-electron chi connectivity index (χ3n) is 2.74. The number of rotatable bonds is 6. The Kier molecular flexibility index (Phi) is 5.93. The van der Waals surface area contributed by atoms with Crippen molar-refractivity contribution in [3.8, 4) is 5.75 Å². The van der Waals surface area contributed by atoms with Gasteiger partial charge in [0.2, 0.25) is 0 Å². The van der Waals surface area contributed by atoms with Crippen molar-refractivity contribution in [2.24, 2.45) is 0 Å². The lowest BCUT2D eigenvalue weighted by atomic mass is 10.2. The van der Waals surface area contributed by atoms with Crippen LogP contribution in [-0.4, -0.2) is 33.8 Å². The lowest BCUT2D eigenvalue weighted by Crippen LogP contribution is -2.09. The van der Waals surface area contributed by atoms with Gasteiger partial charge >= 0.3 is 5.97 Å². The van der Waals surface area contributed by atoms with Gasteiger partial charge in [0.05, 0.1) is 7.11 Å². The Morgan fingerprint density at radius 1 is 1.37 bits per heavy atom. The molecule has 0 amide bonds. The molecule has 0 fully saturated rings. The summed E-state index contributed by atoms with van der Waals surface area (Å²) < 4.78 is 10.3. The molecule has 0 atom stereocenters. The van der Waals surface area contributed by atoms with Crippen LogP contribution in [-0.2, 0) is 9.53 Å². The van der Waals surface area contributed by atoms with Gasteiger partial charge in [-0.1, -0.05) is 13.0 Å². The highest BCUT2D eigenvalue weighted by Crippen LogP contribution is 2.19. The maximum atomic E-state index is 11.4. The second-order valence-electron chi connectivity index (χ2n) is 4.28. The van der Waals surface area contributed by atoms with Crippen molar-refractivity contribution in [2.75, 3.05) is 32.7 Å². The van der Waals surface area contributed by atoms with Gasteiger partial charge in [0.15, 0.2) is 0 Å². The molecule has 19 heavy (non-hydrogen) atoms. The standard InChI is InChI=1S/C15H21NO3/c1-5-12(15(17)18-4)9-10-19-14-8-6-7-13(11-14)16(2)3/h6-9,11H,5,10H2,1-4H3. The molecule has 1 aromatic rings. The summed E-state index contributed by atoms with van der Waals surface area (Å²) in [4.78, 5) is 13.4. The third-order valence-corrected chi connectivity index (χ3v) is 2.74.